The molecule has 4 nitrogen and oxygen atoms in total. The maximum atomic E-state index is 11.5. The molecule has 1 saturated heterocycles. The molecule has 1 heterocycles. The van der Waals surface area contributed by atoms with E-state index in [9.17, 15) is 4.79 Å². The number of carbonyl (C=O) groups is 1. The van der Waals surface area contributed by atoms with Crippen molar-refractivity contribution in [2.24, 2.45) is 5.73 Å². The van der Waals surface area contributed by atoms with Gasteiger partial charge in [-0.15, -0.1) is 0 Å². The number of nitrogens with two attached hydrogens (primary N) is 1. The van der Waals surface area contributed by atoms with Crippen molar-refractivity contribution in [3.63, 3.8) is 0 Å². The van der Waals surface area contributed by atoms with Crippen LogP contribution in [0, 0.1) is 0 Å². The average molecular weight is 250 g/mol. The molecule has 90 valence electrons. The van der Waals surface area contributed by atoms with Crippen molar-refractivity contribution in [1.82, 2.24) is 4.90 Å². The zero-order valence-electron chi connectivity index (χ0n) is 9.39. The van der Waals surface area contributed by atoms with Gasteiger partial charge in [-0.05, 0) is 5.56 Å². The Kier molecular flexibility index (Phi) is 3.71. The Morgan fingerprint density at radius 2 is 2.12 bits per heavy atom. The molecule has 0 bridgehead atoms. The Balaban J connectivity index is 2.03. The molecule has 1 aliphatic heterocycles. The van der Waals surface area contributed by atoms with Gasteiger partial charge in [0.2, 0.25) is 5.91 Å². The van der Waals surface area contributed by atoms with Crippen molar-refractivity contribution in [3.8, 4) is 0 Å². The summed E-state index contributed by atoms with van der Waals surface area (Å²) in [5, 5.41) is 0. The lowest BCUT2D eigenvalue weighted by molar-refractivity contribution is -0.143. The van der Waals surface area contributed by atoms with Crippen LogP contribution in [0.25, 0.3) is 0 Å². The highest BCUT2D eigenvalue weighted by molar-refractivity contribution is 7.80. The molecule has 1 amide bonds. The number of benzene rings is 1. The largest absolute Gasteiger partial charge is 0.389 e. The monoisotopic (exact) mass is 250 g/mol. The summed E-state index contributed by atoms with van der Waals surface area (Å²) in [5.41, 5.74) is 7.43. The van der Waals surface area contributed by atoms with Gasteiger partial charge in [0.25, 0.3) is 0 Å². The number of hydrogen-bond acceptors (Lipinski definition) is 3. The summed E-state index contributed by atoms with van der Waals surface area (Å²) in [4.78, 5) is 13.7. The fourth-order valence-corrected chi connectivity index (χ4v) is 1.85. The zero-order chi connectivity index (χ0) is 12.3. The van der Waals surface area contributed by atoms with E-state index in [1.165, 1.54) is 0 Å². The first kappa shape index (κ1) is 12.0. The number of rotatable bonds is 3. The lowest BCUT2D eigenvalue weighted by atomic mass is 10.1. The average Bonchev–Trinajstić information content (AvgIpc) is 2.33. The molecule has 17 heavy (non-hydrogen) atoms. The van der Waals surface area contributed by atoms with E-state index in [1.54, 1.807) is 4.90 Å². The van der Waals surface area contributed by atoms with E-state index in [4.69, 9.17) is 22.7 Å². The molecule has 1 aromatic carbocycles. The summed E-state index contributed by atoms with van der Waals surface area (Å²) in [5.74, 6) is 0.0367. The number of carbonyl (C=O) groups excluding carboxylic acids is 1. The van der Waals surface area contributed by atoms with Crippen LogP contribution in [-0.4, -0.2) is 35.6 Å². The van der Waals surface area contributed by atoms with Crippen molar-refractivity contribution in [1.29, 1.82) is 0 Å². The van der Waals surface area contributed by atoms with E-state index in [0.29, 0.717) is 24.7 Å². The molecule has 0 aliphatic carbocycles. The smallest absolute Gasteiger partial charge is 0.248 e. The van der Waals surface area contributed by atoms with Crippen LogP contribution in [-0.2, 0) is 16.1 Å². The SMILES string of the molecule is NC(=S)c1ccc(CN2CCOCC2=O)cc1. The van der Waals surface area contributed by atoms with Crippen molar-refractivity contribution in [2.75, 3.05) is 19.8 Å². The zero-order valence-corrected chi connectivity index (χ0v) is 10.2. The number of morpholine rings is 1. The summed E-state index contributed by atoms with van der Waals surface area (Å²) < 4.78 is 5.08. The fraction of sp³-hybridized carbons (Fsp3) is 0.333. The fourth-order valence-electron chi connectivity index (χ4n) is 1.71. The van der Waals surface area contributed by atoms with Crippen molar-refractivity contribution < 1.29 is 9.53 Å². The quantitative estimate of drug-likeness (QED) is 0.802. The van der Waals surface area contributed by atoms with Gasteiger partial charge in [-0.25, -0.2) is 0 Å². The van der Waals surface area contributed by atoms with Gasteiger partial charge in [0.1, 0.15) is 11.6 Å². The first-order chi connectivity index (χ1) is 8.16. The molecular formula is C12H14N2O2S. The van der Waals surface area contributed by atoms with Crippen LogP contribution in [0.5, 0.6) is 0 Å². The van der Waals surface area contributed by atoms with E-state index in [2.05, 4.69) is 0 Å². The molecule has 0 atom stereocenters. The normalized spacial score (nSPS) is 16.0. The van der Waals surface area contributed by atoms with E-state index in [1.807, 2.05) is 24.3 Å². The van der Waals surface area contributed by atoms with Crippen molar-refractivity contribution in [2.45, 2.75) is 6.54 Å². The molecule has 5 heteroatoms. The number of amides is 1. The van der Waals surface area contributed by atoms with Gasteiger partial charge in [0.15, 0.2) is 0 Å². The molecule has 1 aliphatic rings. The molecule has 2 rings (SSSR count). The molecule has 0 unspecified atom stereocenters. The Morgan fingerprint density at radius 3 is 2.71 bits per heavy atom. The summed E-state index contributed by atoms with van der Waals surface area (Å²) >= 11 is 4.88. The molecule has 0 radical (unpaired) electrons. The highest BCUT2D eigenvalue weighted by Crippen LogP contribution is 2.09. The number of ether oxygens (including phenoxy) is 1. The highest BCUT2D eigenvalue weighted by atomic mass is 32.1. The summed E-state index contributed by atoms with van der Waals surface area (Å²) in [6, 6.07) is 7.64. The lowest BCUT2D eigenvalue weighted by Gasteiger charge is -2.26. The van der Waals surface area contributed by atoms with E-state index >= 15 is 0 Å². The molecule has 1 aromatic rings. The minimum Gasteiger partial charge on any atom is -0.389 e. The van der Waals surface area contributed by atoms with Crippen LogP contribution in [0.3, 0.4) is 0 Å². The topological polar surface area (TPSA) is 55.6 Å². The maximum absolute atomic E-state index is 11.5. The van der Waals surface area contributed by atoms with Gasteiger partial charge < -0.3 is 15.4 Å². The maximum Gasteiger partial charge on any atom is 0.248 e. The van der Waals surface area contributed by atoms with Gasteiger partial charge in [0, 0.05) is 18.7 Å². The number of nitrogens with zero attached hydrogens (tertiary/aromatic N) is 1. The Labute approximate surface area is 105 Å². The third-order valence-electron chi connectivity index (χ3n) is 2.70. The predicted octanol–water partition coefficient (Wildman–Crippen LogP) is 0.680. The van der Waals surface area contributed by atoms with Gasteiger partial charge in [-0.1, -0.05) is 36.5 Å². The Hall–Kier alpha value is -1.46. The van der Waals surface area contributed by atoms with E-state index in [0.717, 1.165) is 11.1 Å². The van der Waals surface area contributed by atoms with E-state index < -0.39 is 0 Å². The van der Waals surface area contributed by atoms with Gasteiger partial charge >= 0.3 is 0 Å². The molecule has 1 fully saturated rings. The van der Waals surface area contributed by atoms with Crippen LogP contribution >= 0.6 is 12.2 Å². The second kappa shape index (κ2) is 5.25. The van der Waals surface area contributed by atoms with Crippen LogP contribution in [0.2, 0.25) is 0 Å². The summed E-state index contributed by atoms with van der Waals surface area (Å²) in [7, 11) is 0. The molecular weight excluding hydrogens is 236 g/mol. The third-order valence-corrected chi connectivity index (χ3v) is 2.93. The van der Waals surface area contributed by atoms with Crippen molar-refractivity contribution >= 4 is 23.1 Å². The van der Waals surface area contributed by atoms with Gasteiger partial charge in [-0.3, -0.25) is 4.79 Å². The second-order valence-corrected chi connectivity index (χ2v) is 4.37. The lowest BCUT2D eigenvalue weighted by Crippen LogP contribution is -2.40. The summed E-state index contributed by atoms with van der Waals surface area (Å²) in [6.45, 7) is 2.05. The summed E-state index contributed by atoms with van der Waals surface area (Å²) in [6.07, 6.45) is 0. The van der Waals surface area contributed by atoms with Gasteiger partial charge in [0.05, 0.1) is 6.61 Å². The molecule has 0 aromatic heterocycles. The van der Waals surface area contributed by atoms with Crippen LogP contribution in [0.4, 0.5) is 0 Å². The second-order valence-electron chi connectivity index (χ2n) is 3.93. The number of hydrogen-bond donors (Lipinski definition) is 1. The van der Waals surface area contributed by atoms with Gasteiger partial charge in [-0.2, -0.15) is 0 Å². The standard InChI is InChI=1S/C12H14N2O2S/c13-12(17)10-3-1-9(2-4-10)7-14-5-6-16-8-11(14)15/h1-4H,5-8H2,(H2,13,17). The predicted molar refractivity (Wildman–Crippen MR) is 68.6 cm³/mol. The van der Waals surface area contributed by atoms with Crippen molar-refractivity contribution in [3.05, 3.63) is 35.4 Å². The molecule has 0 spiro atoms. The van der Waals surface area contributed by atoms with Crippen LogP contribution in [0.15, 0.2) is 24.3 Å². The molecule has 2 N–H and O–H groups in total. The van der Waals surface area contributed by atoms with E-state index in [-0.39, 0.29) is 12.5 Å². The highest BCUT2D eigenvalue weighted by Gasteiger charge is 2.18. The molecule has 0 saturated carbocycles. The first-order valence-corrected chi connectivity index (χ1v) is 5.82. The third kappa shape index (κ3) is 3.01. The Morgan fingerprint density at radius 1 is 1.41 bits per heavy atom. The first-order valence-electron chi connectivity index (χ1n) is 5.41. The van der Waals surface area contributed by atoms with Crippen LogP contribution in [0.1, 0.15) is 11.1 Å². The minimum absolute atomic E-state index is 0.0367. The van der Waals surface area contributed by atoms with Crippen LogP contribution < -0.4 is 5.73 Å². The number of thiocarbonyl (C=S) groups is 1. The Bertz CT molecular complexity index is 431. The minimum atomic E-state index is 0.0367.